The molecule has 9 heteroatoms. The Morgan fingerprint density at radius 2 is 2.06 bits per heavy atom. The molecule has 1 fully saturated rings. The molecule has 2 unspecified atom stereocenters. The molecule has 2 atom stereocenters. The second-order valence-electron chi connectivity index (χ2n) is 8.75. The Bertz CT molecular complexity index is 1130. The van der Waals surface area contributed by atoms with Crippen LogP contribution in [0, 0.1) is 19.8 Å². The average molecular weight is 536 g/mol. The van der Waals surface area contributed by atoms with E-state index in [1.165, 1.54) is 21.7 Å². The molecule has 2 radical (unpaired) electrons. The normalized spacial score (nSPS) is 24.7. The number of amides is 1. The molecule has 1 saturated heterocycles. The molecule has 2 aromatic heterocycles. The van der Waals surface area contributed by atoms with Gasteiger partial charge in [-0.15, -0.1) is 0 Å². The first-order valence-electron chi connectivity index (χ1n) is 11.1. The van der Waals surface area contributed by atoms with E-state index in [4.69, 9.17) is 10.1 Å². The fourth-order valence-electron chi connectivity index (χ4n) is 4.42. The molecule has 1 amide bonds. The topological polar surface area (TPSA) is 87.8 Å². The maximum absolute atomic E-state index is 13.4. The van der Waals surface area contributed by atoms with Crippen LogP contribution < -0.4 is 5.32 Å². The number of hydrogen-bond acceptors (Lipinski definition) is 6. The number of allylic oxidation sites excluding steroid dienone is 1. The first-order valence-corrected chi connectivity index (χ1v) is 15.1. The van der Waals surface area contributed by atoms with Gasteiger partial charge in [0.2, 0.25) is 0 Å². The van der Waals surface area contributed by atoms with Gasteiger partial charge < -0.3 is 0 Å². The summed E-state index contributed by atoms with van der Waals surface area (Å²) in [6.45, 7) is 5.96. The van der Waals surface area contributed by atoms with Crippen molar-refractivity contribution in [1.82, 2.24) is 19.8 Å². The molecule has 0 saturated carbocycles. The van der Waals surface area contributed by atoms with Crippen molar-refractivity contribution in [3.05, 3.63) is 47.4 Å². The third kappa shape index (κ3) is 3.78. The zero-order valence-corrected chi connectivity index (χ0v) is 21.5. The monoisotopic (exact) mass is 537 g/mol. The van der Waals surface area contributed by atoms with E-state index in [0.29, 0.717) is 17.6 Å². The number of aliphatic imine (C=N–C) groups is 1. The van der Waals surface area contributed by atoms with Gasteiger partial charge in [-0.3, -0.25) is 0 Å². The number of carbonyl (C=O) groups is 1. The van der Waals surface area contributed by atoms with Gasteiger partial charge in [-0.25, -0.2) is 0 Å². The second-order valence-corrected chi connectivity index (χ2v) is 13.0. The van der Waals surface area contributed by atoms with Crippen molar-refractivity contribution >= 4 is 45.3 Å². The summed E-state index contributed by atoms with van der Waals surface area (Å²) in [4.78, 5) is 22.7. The predicted molar refractivity (Wildman–Crippen MR) is 127 cm³/mol. The molecule has 2 aromatic rings. The number of carbonyl (C=O) groups excluding carboxylic acids is 1. The summed E-state index contributed by atoms with van der Waals surface area (Å²) in [6, 6.07) is 6.04. The van der Waals surface area contributed by atoms with Crippen molar-refractivity contribution < 1.29 is 4.79 Å². The van der Waals surface area contributed by atoms with Gasteiger partial charge in [0.15, 0.2) is 0 Å². The van der Waals surface area contributed by atoms with Crippen molar-refractivity contribution in [2.24, 2.45) is 16.0 Å². The first-order chi connectivity index (χ1) is 15.5. The van der Waals surface area contributed by atoms with E-state index in [1.807, 2.05) is 51.2 Å². The van der Waals surface area contributed by atoms with Crippen molar-refractivity contribution in [2.45, 2.75) is 54.1 Å². The van der Waals surface area contributed by atoms with Crippen molar-refractivity contribution in [3.8, 4) is 5.82 Å². The summed E-state index contributed by atoms with van der Waals surface area (Å²) < 4.78 is 4.57. The Labute approximate surface area is 198 Å². The van der Waals surface area contributed by atoms with Crippen molar-refractivity contribution in [2.75, 3.05) is 5.32 Å². The molecule has 0 aliphatic carbocycles. The van der Waals surface area contributed by atoms with Crippen LogP contribution in [-0.2, 0) is 4.79 Å². The van der Waals surface area contributed by atoms with Gasteiger partial charge >= 0.3 is 192 Å². The fraction of sp³-hybridized carbons (Fsp3) is 0.435. The summed E-state index contributed by atoms with van der Waals surface area (Å²) >= 11 is -0.155. The van der Waals surface area contributed by atoms with Gasteiger partial charge in [0, 0.05) is 0 Å². The molecule has 8 nitrogen and oxygen atoms in total. The number of hydrogen-bond donors (Lipinski definition) is 1. The van der Waals surface area contributed by atoms with Crippen LogP contribution in [0.25, 0.3) is 5.82 Å². The molecule has 3 aliphatic heterocycles. The zero-order chi connectivity index (χ0) is 22.3. The van der Waals surface area contributed by atoms with Crippen LogP contribution >= 0.6 is 0 Å². The summed E-state index contributed by atoms with van der Waals surface area (Å²) in [5, 5.41) is 14.2. The molecular weight excluding hydrogens is 509 g/mol. The molecule has 1 N–H and O–H groups in total. The van der Waals surface area contributed by atoms with E-state index < -0.39 is 11.6 Å². The summed E-state index contributed by atoms with van der Waals surface area (Å²) in [5.74, 6) is 1.17. The summed E-state index contributed by atoms with van der Waals surface area (Å²) in [5.41, 5.74) is 2.38. The third-order valence-corrected chi connectivity index (χ3v) is 10.3. The minimum atomic E-state index is -0.750. The number of nitrogens with zero attached hydrogens (tertiary/aromatic N) is 6. The van der Waals surface area contributed by atoms with Crippen molar-refractivity contribution in [3.63, 3.8) is 0 Å². The van der Waals surface area contributed by atoms with Crippen LogP contribution in [0.1, 0.15) is 42.6 Å². The quantitative estimate of drug-likeness (QED) is 0.607. The van der Waals surface area contributed by atoms with Gasteiger partial charge in [0.1, 0.15) is 0 Å². The number of anilines is 1. The number of aryl methyl sites for hydroxylation is 2. The van der Waals surface area contributed by atoms with Crippen LogP contribution in [0.5, 0.6) is 0 Å². The third-order valence-electron chi connectivity index (χ3n) is 6.61. The second kappa shape index (κ2) is 8.46. The van der Waals surface area contributed by atoms with E-state index in [9.17, 15) is 4.79 Å². The fourth-order valence-corrected chi connectivity index (χ4v) is 8.29. The number of fused-ring (bicyclic) bond motifs is 1. The Morgan fingerprint density at radius 1 is 1.25 bits per heavy atom. The Kier molecular flexibility index (Phi) is 5.64. The summed E-state index contributed by atoms with van der Waals surface area (Å²) in [6.07, 6.45) is 9.47. The Hall–Kier alpha value is -2.49. The minimum absolute atomic E-state index is 0.152. The molecule has 0 bridgehead atoms. The van der Waals surface area contributed by atoms with Crippen LogP contribution in [0.4, 0.5) is 5.82 Å². The van der Waals surface area contributed by atoms with Crippen molar-refractivity contribution in [1.29, 1.82) is 0 Å². The molecule has 3 aliphatic rings. The van der Waals surface area contributed by atoms with Crippen LogP contribution in [0.15, 0.2) is 40.6 Å². The van der Waals surface area contributed by atoms with Gasteiger partial charge in [-0.05, 0) is 6.08 Å². The number of aromatic nitrogens is 3. The first kappa shape index (κ1) is 21.4. The van der Waals surface area contributed by atoms with Gasteiger partial charge in [0.25, 0.3) is 0 Å². The standard InChI is InChI=1S/C23H27N7O.Sn/c1-6-17(7-2)19-13-21(30(28-19)20-10-9-15(3)16(4)26-20)27-22(31)18-14-25-29-12-8-11-24-23(18,29)5;/h8-14,17-18H,1-2,6-7H2,3-5H3,(H,27,31);. The predicted octanol–water partition coefficient (Wildman–Crippen LogP) is 3.47. The summed E-state index contributed by atoms with van der Waals surface area (Å²) in [7, 11) is 0. The van der Waals surface area contributed by atoms with E-state index in [-0.39, 0.29) is 27.0 Å². The van der Waals surface area contributed by atoms with E-state index in [2.05, 4.69) is 15.4 Å². The SMILES string of the molecule is Cc1ccc(-n2nc(C3C[CH2][Sn][CH2]C3)cc2NC(=O)C2C=NN3C=CC=NC23C)nc1C. The average Bonchev–Trinajstić information content (AvgIpc) is 3.37. The zero-order valence-electron chi connectivity index (χ0n) is 18.6. The van der Waals surface area contributed by atoms with Gasteiger partial charge in [0.05, 0.1) is 0 Å². The van der Waals surface area contributed by atoms with Gasteiger partial charge in [-0.2, -0.15) is 0 Å². The van der Waals surface area contributed by atoms with Gasteiger partial charge in [-0.1, -0.05) is 0 Å². The molecule has 164 valence electrons. The van der Waals surface area contributed by atoms with Crippen LogP contribution in [0.2, 0.25) is 8.87 Å². The molecule has 5 rings (SSSR count). The Morgan fingerprint density at radius 3 is 2.84 bits per heavy atom. The molecule has 5 heterocycles. The molecule has 32 heavy (non-hydrogen) atoms. The molecular formula is C23H27N7OSn. The van der Waals surface area contributed by atoms with E-state index in [1.54, 1.807) is 22.1 Å². The number of rotatable bonds is 4. The number of pyridine rings is 1. The molecule has 0 aromatic carbocycles. The van der Waals surface area contributed by atoms with Crippen LogP contribution in [-0.4, -0.2) is 64.9 Å². The van der Waals surface area contributed by atoms with E-state index >= 15 is 0 Å². The Balaban J connectivity index is 1.48. The molecule has 0 spiro atoms. The van der Waals surface area contributed by atoms with Crippen LogP contribution in [0.3, 0.4) is 0 Å². The van der Waals surface area contributed by atoms with E-state index in [0.717, 1.165) is 17.0 Å². The number of hydrazone groups is 1. The maximum atomic E-state index is 13.4. The number of nitrogens with one attached hydrogen (secondary N) is 1.